The van der Waals surface area contributed by atoms with Crippen LogP contribution < -0.4 is 0 Å². The first kappa shape index (κ1) is 18.5. The number of rotatable bonds is 8. The van der Waals surface area contributed by atoms with Gasteiger partial charge in [-0.05, 0) is 26.3 Å². The summed E-state index contributed by atoms with van der Waals surface area (Å²) in [4.78, 5) is 25.4. The van der Waals surface area contributed by atoms with Crippen LogP contribution in [0.4, 0.5) is 0 Å². The van der Waals surface area contributed by atoms with Crippen LogP contribution in [0, 0.1) is 0 Å². The summed E-state index contributed by atoms with van der Waals surface area (Å²) in [6.45, 7) is 5.44. The van der Waals surface area contributed by atoms with Gasteiger partial charge in [-0.2, -0.15) is 0 Å². The number of ether oxygens (including phenoxy) is 2. The molecule has 0 aliphatic rings. The van der Waals surface area contributed by atoms with Crippen LogP contribution in [0.25, 0.3) is 0 Å². The number of benzene rings is 1. The molecular formula is C17H23NO5. The Hall–Kier alpha value is -2.50. The molecule has 0 radical (unpaired) electrons. The lowest BCUT2D eigenvalue weighted by molar-refractivity contribution is -0.146. The molecule has 1 N–H and O–H groups in total. The lowest BCUT2D eigenvalue weighted by atomic mass is 10.1. The maximum Gasteiger partial charge on any atom is 0.357 e. The quantitative estimate of drug-likeness (QED) is 0.450. The van der Waals surface area contributed by atoms with Gasteiger partial charge in [0.05, 0.1) is 19.3 Å². The van der Waals surface area contributed by atoms with Gasteiger partial charge in [-0.3, -0.25) is 4.79 Å². The van der Waals surface area contributed by atoms with Gasteiger partial charge in [0, 0.05) is 0 Å². The predicted molar refractivity (Wildman–Crippen MR) is 85.5 cm³/mol. The first-order valence-corrected chi connectivity index (χ1v) is 7.53. The second kappa shape index (κ2) is 9.50. The average Bonchev–Trinajstić information content (AvgIpc) is 2.55. The zero-order chi connectivity index (χ0) is 17.2. The third-order valence-electron chi connectivity index (χ3n) is 3.27. The number of aliphatic hydroxyl groups excluding tert-OH is 1. The van der Waals surface area contributed by atoms with Crippen LogP contribution in [0.1, 0.15) is 32.4 Å². The highest BCUT2D eigenvalue weighted by molar-refractivity contribution is 5.88. The standard InChI is InChI=1S/C17H23NO5/c1-4-22-16(20)11-18(15(12-19)17(21)23-5-2)13(3)14-9-7-6-8-10-14/h6-10,12-13,19H,4-5,11H2,1-3H3/b15-12+/t13-/m1/s1. The highest BCUT2D eigenvalue weighted by Gasteiger charge is 2.27. The fraction of sp³-hybridized carbons (Fsp3) is 0.412. The monoisotopic (exact) mass is 321 g/mol. The fourth-order valence-corrected chi connectivity index (χ4v) is 2.14. The first-order chi connectivity index (χ1) is 11.0. The van der Waals surface area contributed by atoms with Crippen molar-refractivity contribution in [2.45, 2.75) is 26.8 Å². The molecule has 1 atom stereocenters. The molecule has 6 heteroatoms. The number of aliphatic hydroxyl groups is 1. The Bertz CT molecular complexity index is 541. The van der Waals surface area contributed by atoms with Crippen molar-refractivity contribution in [1.29, 1.82) is 0 Å². The van der Waals surface area contributed by atoms with Gasteiger partial charge in [0.1, 0.15) is 12.8 Å². The van der Waals surface area contributed by atoms with Crippen LogP contribution in [0.3, 0.4) is 0 Å². The van der Waals surface area contributed by atoms with E-state index < -0.39 is 11.9 Å². The maximum atomic E-state index is 12.0. The first-order valence-electron chi connectivity index (χ1n) is 7.53. The van der Waals surface area contributed by atoms with Crippen molar-refractivity contribution in [1.82, 2.24) is 4.90 Å². The van der Waals surface area contributed by atoms with Gasteiger partial charge in [-0.1, -0.05) is 30.3 Å². The van der Waals surface area contributed by atoms with E-state index in [2.05, 4.69) is 0 Å². The minimum Gasteiger partial charge on any atom is -0.513 e. The van der Waals surface area contributed by atoms with E-state index in [0.29, 0.717) is 6.26 Å². The molecule has 0 spiro atoms. The third-order valence-corrected chi connectivity index (χ3v) is 3.27. The minimum absolute atomic E-state index is 0.0868. The summed E-state index contributed by atoms with van der Waals surface area (Å²) < 4.78 is 9.89. The highest BCUT2D eigenvalue weighted by atomic mass is 16.5. The zero-order valence-corrected chi connectivity index (χ0v) is 13.7. The van der Waals surface area contributed by atoms with Crippen molar-refractivity contribution in [3.63, 3.8) is 0 Å². The topological polar surface area (TPSA) is 76.1 Å². The molecule has 126 valence electrons. The number of hydrogen-bond donors (Lipinski definition) is 1. The predicted octanol–water partition coefficient (Wildman–Crippen LogP) is 2.58. The third kappa shape index (κ3) is 5.32. The number of hydrogen-bond acceptors (Lipinski definition) is 6. The van der Waals surface area contributed by atoms with Crippen LogP contribution in [0.15, 0.2) is 42.3 Å². The van der Waals surface area contributed by atoms with E-state index in [1.807, 2.05) is 37.3 Å². The molecule has 1 aromatic rings. The van der Waals surface area contributed by atoms with Crippen molar-refractivity contribution in [3.8, 4) is 0 Å². The van der Waals surface area contributed by atoms with E-state index in [1.165, 1.54) is 4.90 Å². The van der Waals surface area contributed by atoms with Gasteiger partial charge < -0.3 is 19.5 Å². The summed E-state index contributed by atoms with van der Waals surface area (Å²) >= 11 is 0. The highest BCUT2D eigenvalue weighted by Crippen LogP contribution is 2.24. The van der Waals surface area contributed by atoms with Gasteiger partial charge in [-0.15, -0.1) is 0 Å². The lowest BCUT2D eigenvalue weighted by Crippen LogP contribution is -2.36. The van der Waals surface area contributed by atoms with Crippen molar-refractivity contribution in [2.24, 2.45) is 0 Å². The van der Waals surface area contributed by atoms with E-state index in [4.69, 9.17) is 9.47 Å². The molecule has 0 aliphatic heterocycles. The van der Waals surface area contributed by atoms with Gasteiger partial charge in [0.2, 0.25) is 0 Å². The SMILES string of the molecule is CCOC(=O)CN(/C(=C/O)C(=O)OCC)[C@H](C)c1ccccc1. The smallest absolute Gasteiger partial charge is 0.357 e. The number of carbonyl (C=O) groups is 2. The number of nitrogens with zero attached hydrogens (tertiary/aromatic N) is 1. The Labute approximate surface area is 136 Å². The molecule has 0 aromatic heterocycles. The van der Waals surface area contributed by atoms with Crippen molar-refractivity contribution >= 4 is 11.9 Å². The molecule has 0 aliphatic carbocycles. The molecule has 0 saturated carbocycles. The summed E-state index contributed by atoms with van der Waals surface area (Å²) in [6.07, 6.45) is 0.663. The van der Waals surface area contributed by atoms with E-state index >= 15 is 0 Å². The fourth-order valence-electron chi connectivity index (χ4n) is 2.14. The summed E-state index contributed by atoms with van der Waals surface area (Å²) in [7, 11) is 0. The molecule has 0 amide bonds. The Kier molecular flexibility index (Phi) is 7.66. The van der Waals surface area contributed by atoms with Gasteiger partial charge in [0.25, 0.3) is 0 Å². The van der Waals surface area contributed by atoms with Crippen molar-refractivity contribution in [3.05, 3.63) is 47.9 Å². The Morgan fingerprint density at radius 1 is 1.17 bits per heavy atom. The van der Waals surface area contributed by atoms with E-state index in [0.717, 1.165) is 5.56 Å². The normalized spacial score (nSPS) is 12.4. The Balaban J connectivity index is 3.09. The molecule has 0 unspecified atom stereocenters. The van der Waals surface area contributed by atoms with Gasteiger partial charge in [-0.25, -0.2) is 4.79 Å². The summed E-state index contributed by atoms with van der Waals surface area (Å²) in [5, 5.41) is 9.48. The Morgan fingerprint density at radius 2 is 1.78 bits per heavy atom. The second-order valence-corrected chi connectivity index (χ2v) is 4.75. The van der Waals surface area contributed by atoms with Crippen LogP contribution in [-0.2, 0) is 19.1 Å². The molecule has 0 fully saturated rings. The molecule has 0 saturated heterocycles. The van der Waals surface area contributed by atoms with E-state index in [1.54, 1.807) is 13.8 Å². The molecule has 6 nitrogen and oxygen atoms in total. The largest absolute Gasteiger partial charge is 0.513 e. The summed E-state index contributed by atoms with van der Waals surface area (Å²) in [5.74, 6) is -1.18. The van der Waals surface area contributed by atoms with Crippen LogP contribution in [0.5, 0.6) is 0 Å². The second-order valence-electron chi connectivity index (χ2n) is 4.75. The molecule has 23 heavy (non-hydrogen) atoms. The van der Waals surface area contributed by atoms with Crippen LogP contribution in [-0.4, -0.2) is 41.7 Å². The summed E-state index contributed by atoms with van der Waals surface area (Å²) in [5.41, 5.74) is 0.803. The molecule has 0 heterocycles. The van der Waals surface area contributed by atoms with Crippen molar-refractivity contribution < 1.29 is 24.2 Å². The summed E-state index contributed by atoms with van der Waals surface area (Å²) in [6, 6.07) is 9.03. The van der Waals surface area contributed by atoms with Gasteiger partial charge in [0.15, 0.2) is 5.70 Å². The lowest BCUT2D eigenvalue weighted by Gasteiger charge is -2.31. The number of esters is 2. The van der Waals surface area contributed by atoms with E-state index in [-0.39, 0.29) is 31.5 Å². The molecule has 0 bridgehead atoms. The van der Waals surface area contributed by atoms with Crippen LogP contribution >= 0.6 is 0 Å². The maximum absolute atomic E-state index is 12.0. The zero-order valence-electron chi connectivity index (χ0n) is 13.7. The van der Waals surface area contributed by atoms with Crippen LogP contribution in [0.2, 0.25) is 0 Å². The average molecular weight is 321 g/mol. The number of carbonyl (C=O) groups excluding carboxylic acids is 2. The van der Waals surface area contributed by atoms with E-state index in [9.17, 15) is 14.7 Å². The van der Waals surface area contributed by atoms with Crippen molar-refractivity contribution in [2.75, 3.05) is 19.8 Å². The minimum atomic E-state index is -0.693. The molecule has 1 aromatic carbocycles. The Morgan fingerprint density at radius 3 is 2.30 bits per heavy atom. The van der Waals surface area contributed by atoms with Gasteiger partial charge >= 0.3 is 11.9 Å². The molecular weight excluding hydrogens is 298 g/mol. The molecule has 1 rings (SSSR count).